The lowest BCUT2D eigenvalue weighted by atomic mass is 10.3. The van der Waals surface area contributed by atoms with Gasteiger partial charge in [0.25, 0.3) is 0 Å². The molecule has 0 N–H and O–H groups in total. The molecule has 1 aliphatic rings. The molecule has 2 aromatic rings. The van der Waals surface area contributed by atoms with Crippen LogP contribution in [0.3, 0.4) is 0 Å². The van der Waals surface area contributed by atoms with Crippen LogP contribution in [0.5, 0.6) is 0 Å². The van der Waals surface area contributed by atoms with Crippen molar-refractivity contribution < 1.29 is 0 Å². The minimum absolute atomic E-state index is 0.490. The molecular formula is C12H11ClN4S. The van der Waals surface area contributed by atoms with E-state index in [-0.39, 0.29) is 0 Å². The molecule has 3 rings (SSSR count). The van der Waals surface area contributed by atoms with Crippen molar-refractivity contribution in [3.8, 4) is 0 Å². The van der Waals surface area contributed by atoms with E-state index in [0.717, 1.165) is 34.3 Å². The van der Waals surface area contributed by atoms with Gasteiger partial charge in [-0.25, -0.2) is 15.0 Å². The Morgan fingerprint density at radius 1 is 1.28 bits per heavy atom. The second kappa shape index (κ2) is 4.82. The molecule has 0 spiro atoms. The lowest BCUT2D eigenvalue weighted by Crippen LogP contribution is -1.98. The fourth-order valence-corrected chi connectivity index (χ4v) is 2.59. The van der Waals surface area contributed by atoms with Crippen LogP contribution >= 0.6 is 23.4 Å². The first kappa shape index (κ1) is 11.9. The predicted molar refractivity (Wildman–Crippen MR) is 69.9 cm³/mol. The fraction of sp³-hybridized carbons (Fsp3) is 0.333. The first-order valence-electron chi connectivity index (χ1n) is 5.72. The maximum absolute atomic E-state index is 6.16. The first-order chi connectivity index (χ1) is 8.74. The van der Waals surface area contributed by atoms with Gasteiger partial charge in [0.1, 0.15) is 21.0 Å². The maximum atomic E-state index is 6.16. The molecule has 2 aromatic heterocycles. The van der Waals surface area contributed by atoms with Crippen LogP contribution in [0.25, 0.3) is 0 Å². The number of halogens is 1. The third-order valence-corrected chi connectivity index (χ3v) is 4.12. The molecule has 0 amide bonds. The van der Waals surface area contributed by atoms with Gasteiger partial charge in [-0.05, 0) is 31.5 Å². The van der Waals surface area contributed by atoms with Gasteiger partial charge >= 0.3 is 0 Å². The van der Waals surface area contributed by atoms with Gasteiger partial charge in [-0.3, -0.25) is 4.98 Å². The molecule has 0 aromatic carbocycles. The smallest absolute Gasteiger partial charge is 0.136 e. The Labute approximate surface area is 114 Å². The molecule has 1 saturated carbocycles. The average Bonchev–Trinajstić information content (AvgIpc) is 3.20. The van der Waals surface area contributed by atoms with Gasteiger partial charge in [-0.15, -0.1) is 0 Å². The van der Waals surface area contributed by atoms with Gasteiger partial charge in [0.2, 0.25) is 0 Å². The van der Waals surface area contributed by atoms with Crippen molar-refractivity contribution in [3.63, 3.8) is 0 Å². The van der Waals surface area contributed by atoms with Crippen molar-refractivity contribution in [2.75, 3.05) is 0 Å². The van der Waals surface area contributed by atoms with E-state index in [4.69, 9.17) is 11.6 Å². The highest BCUT2D eigenvalue weighted by Gasteiger charge is 2.28. The highest BCUT2D eigenvalue weighted by Crippen LogP contribution is 2.40. The van der Waals surface area contributed by atoms with E-state index in [2.05, 4.69) is 19.9 Å². The summed E-state index contributed by atoms with van der Waals surface area (Å²) in [5, 5.41) is 2.23. The Kier molecular flexibility index (Phi) is 3.18. The average molecular weight is 279 g/mol. The van der Waals surface area contributed by atoms with Gasteiger partial charge in [0.15, 0.2) is 0 Å². The van der Waals surface area contributed by atoms with Gasteiger partial charge in [-0.1, -0.05) is 11.6 Å². The lowest BCUT2D eigenvalue weighted by molar-refractivity contribution is 0.860. The summed E-state index contributed by atoms with van der Waals surface area (Å²) in [5.41, 5.74) is 0.900. The molecule has 18 heavy (non-hydrogen) atoms. The van der Waals surface area contributed by atoms with E-state index in [0.29, 0.717) is 11.1 Å². The number of hydrogen-bond acceptors (Lipinski definition) is 5. The molecule has 0 radical (unpaired) electrons. The van der Waals surface area contributed by atoms with Crippen LogP contribution in [0.1, 0.15) is 30.1 Å². The Balaban J connectivity index is 1.95. The van der Waals surface area contributed by atoms with Crippen LogP contribution in [-0.4, -0.2) is 19.9 Å². The quantitative estimate of drug-likeness (QED) is 0.807. The number of aromatic nitrogens is 4. The van der Waals surface area contributed by atoms with E-state index >= 15 is 0 Å². The van der Waals surface area contributed by atoms with Crippen LogP contribution in [0, 0.1) is 6.92 Å². The second-order valence-electron chi connectivity index (χ2n) is 4.22. The molecule has 0 atom stereocenters. The molecular weight excluding hydrogens is 268 g/mol. The number of hydrogen-bond donors (Lipinski definition) is 0. The summed E-state index contributed by atoms with van der Waals surface area (Å²) < 4.78 is 0. The third kappa shape index (κ3) is 2.47. The molecule has 0 aliphatic heterocycles. The summed E-state index contributed by atoms with van der Waals surface area (Å²) in [6.07, 6.45) is 7.36. The van der Waals surface area contributed by atoms with Crippen LogP contribution in [0.4, 0.5) is 0 Å². The maximum Gasteiger partial charge on any atom is 0.136 e. The normalized spacial score (nSPS) is 14.8. The predicted octanol–water partition coefficient (Wildman–Crippen LogP) is 3.26. The molecule has 1 fully saturated rings. The van der Waals surface area contributed by atoms with E-state index < -0.39 is 0 Å². The molecule has 6 heteroatoms. The van der Waals surface area contributed by atoms with E-state index in [1.165, 1.54) is 11.8 Å². The van der Waals surface area contributed by atoms with E-state index in [1.54, 1.807) is 18.6 Å². The molecule has 0 saturated heterocycles. The lowest BCUT2D eigenvalue weighted by Gasteiger charge is -2.07. The Hall–Kier alpha value is -1.20. The van der Waals surface area contributed by atoms with Gasteiger partial charge in [-0.2, -0.15) is 0 Å². The van der Waals surface area contributed by atoms with Crippen molar-refractivity contribution >= 4 is 23.4 Å². The third-order valence-electron chi connectivity index (χ3n) is 2.74. The fourth-order valence-electron chi connectivity index (χ4n) is 1.55. The Morgan fingerprint density at radius 3 is 2.78 bits per heavy atom. The zero-order chi connectivity index (χ0) is 12.5. The topological polar surface area (TPSA) is 51.6 Å². The highest BCUT2D eigenvalue weighted by atomic mass is 35.5. The van der Waals surface area contributed by atoms with Crippen molar-refractivity contribution in [3.05, 3.63) is 35.1 Å². The van der Waals surface area contributed by atoms with Crippen molar-refractivity contribution in [1.82, 2.24) is 19.9 Å². The molecule has 92 valence electrons. The zero-order valence-corrected chi connectivity index (χ0v) is 11.4. The largest absolute Gasteiger partial charge is 0.260 e. The highest BCUT2D eigenvalue weighted by molar-refractivity contribution is 7.99. The van der Waals surface area contributed by atoms with Gasteiger partial charge in [0, 0.05) is 23.9 Å². The monoisotopic (exact) mass is 278 g/mol. The Morgan fingerprint density at radius 2 is 2.11 bits per heavy atom. The number of nitrogens with zero attached hydrogens (tertiary/aromatic N) is 4. The standard InChI is InChI=1S/C12H11ClN4S/c1-7-10(13)16-11(8-2-3-8)17-12(7)18-9-6-14-4-5-15-9/h4-6,8H,2-3H2,1H3. The second-order valence-corrected chi connectivity index (χ2v) is 5.59. The molecule has 4 nitrogen and oxygen atoms in total. The van der Waals surface area contributed by atoms with Gasteiger partial charge < -0.3 is 0 Å². The first-order valence-corrected chi connectivity index (χ1v) is 6.91. The number of rotatable bonds is 3. The summed E-state index contributed by atoms with van der Waals surface area (Å²) in [4.78, 5) is 17.2. The molecule has 1 aliphatic carbocycles. The summed E-state index contributed by atoms with van der Waals surface area (Å²) >= 11 is 7.64. The van der Waals surface area contributed by atoms with E-state index in [1.807, 2.05) is 6.92 Å². The summed E-state index contributed by atoms with van der Waals surface area (Å²) in [7, 11) is 0. The van der Waals surface area contributed by atoms with Crippen molar-refractivity contribution in [1.29, 1.82) is 0 Å². The Bertz CT molecular complexity index is 572. The summed E-state index contributed by atoms with van der Waals surface area (Å²) in [6, 6.07) is 0. The van der Waals surface area contributed by atoms with Crippen LogP contribution in [0.2, 0.25) is 5.15 Å². The SMILES string of the molecule is Cc1c(Cl)nc(C2CC2)nc1Sc1cnccn1. The minimum atomic E-state index is 0.490. The van der Waals surface area contributed by atoms with E-state index in [9.17, 15) is 0 Å². The van der Waals surface area contributed by atoms with Crippen LogP contribution < -0.4 is 0 Å². The summed E-state index contributed by atoms with van der Waals surface area (Å²) in [5.74, 6) is 1.35. The van der Waals surface area contributed by atoms with Crippen LogP contribution in [0.15, 0.2) is 28.6 Å². The molecule has 2 heterocycles. The summed E-state index contributed by atoms with van der Waals surface area (Å²) in [6.45, 7) is 1.93. The molecule has 0 bridgehead atoms. The van der Waals surface area contributed by atoms with Crippen molar-refractivity contribution in [2.24, 2.45) is 0 Å². The zero-order valence-electron chi connectivity index (χ0n) is 9.80. The van der Waals surface area contributed by atoms with Crippen molar-refractivity contribution in [2.45, 2.75) is 35.7 Å². The minimum Gasteiger partial charge on any atom is -0.260 e. The van der Waals surface area contributed by atoms with Crippen LogP contribution in [-0.2, 0) is 0 Å². The molecule has 0 unspecified atom stereocenters. The van der Waals surface area contributed by atoms with Gasteiger partial charge in [0.05, 0.1) is 6.20 Å².